The molecule has 1 aromatic rings. The highest BCUT2D eigenvalue weighted by Crippen LogP contribution is 2.26. The van der Waals surface area contributed by atoms with Crippen LogP contribution in [-0.4, -0.2) is 11.1 Å². The molecule has 0 aliphatic rings. The van der Waals surface area contributed by atoms with Crippen LogP contribution in [0.1, 0.15) is 49.0 Å². The van der Waals surface area contributed by atoms with Crippen molar-refractivity contribution in [2.75, 3.05) is 0 Å². The first-order chi connectivity index (χ1) is 7.06. The van der Waals surface area contributed by atoms with Gasteiger partial charge in [0.05, 0.1) is 5.56 Å². The van der Waals surface area contributed by atoms with Gasteiger partial charge in [-0.05, 0) is 29.5 Å². The lowest BCUT2D eigenvalue weighted by Gasteiger charge is -2.18. The van der Waals surface area contributed by atoms with Crippen LogP contribution in [0, 0.1) is 5.92 Å². The van der Waals surface area contributed by atoms with Gasteiger partial charge in [-0.1, -0.05) is 39.3 Å². The second-order valence-electron chi connectivity index (χ2n) is 4.10. The third kappa shape index (κ3) is 2.82. The number of carboxylic acids is 1. The van der Waals surface area contributed by atoms with Crippen molar-refractivity contribution in [3.63, 3.8) is 0 Å². The van der Waals surface area contributed by atoms with Gasteiger partial charge in [0.2, 0.25) is 0 Å². The summed E-state index contributed by atoms with van der Waals surface area (Å²) in [5.41, 5.74) is 1.57. The Morgan fingerprint density at radius 3 is 2.20 bits per heavy atom. The van der Waals surface area contributed by atoms with Gasteiger partial charge in [0, 0.05) is 0 Å². The Labute approximate surface area is 90.9 Å². The van der Waals surface area contributed by atoms with Crippen LogP contribution in [0.4, 0.5) is 0 Å². The van der Waals surface area contributed by atoms with E-state index in [-0.39, 0.29) is 0 Å². The number of benzene rings is 1. The van der Waals surface area contributed by atoms with E-state index in [1.165, 1.54) is 5.56 Å². The predicted molar refractivity (Wildman–Crippen MR) is 61.3 cm³/mol. The van der Waals surface area contributed by atoms with Crippen LogP contribution >= 0.6 is 0 Å². The number of carboxylic acid groups (broad SMARTS) is 1. The highest BCUT2D eigenvalue weighted by Gasteiger charge is 2.12. The largest absolute Gasteiger partial charge is 0.478 e. The second-order valence-corrected chi connectivity index (χ2v) is 4.10. The van der Waals surface area contributed by atoms with Gasteiger partial charge < -0.3 is 5.11 Å². The first-order valence-electron chi connectivity index (χ1n) is 5.39. The minimum Gasteiger partial charge on any atom is -0.478 e. The average molecular weight is 206 g/mol. The van der Waals surface area contributed by atoms with E-state index in [1.54, 1.807) is 12.1 Å². The molecule has 2 nitrogen and oxygen atoms in total. The van der Waals surface area contributed by atoms with Crippen molar-refractivity contribution in [1.82, 2.24) is 0 Å². The van der Waals surface area contributed by atoms with E-state index in [4.69, 9.17) is 5.11 Å². The number of rotatable bonds is 4. The summed E-state index contributed by atoms with van der Waals surface area (Å²) in [7, 11) is 0. The van der Waals surface area contributed by atoms with E-state index >= 15 is 0 Å². The Morgan fingerprint density at radius 1 is 1.27 bits per heavy atom. The molecule has 82 valence electrons. The molecule has 1 rings (SSSR count). The van der Waals surface area contributed by atoms with E-state index in [1.807, 2.05) is 12.1 Å². The molecule has 2 heteroatoms. The lowest BCUT2D eigenvalue weighted by atomic mass is 9.87. The number of hydrogen-bond donors (Lipinski definition) is 1. The quantitative estimate of drug-likeness (QED) is 0.818. The summed E-state index contributed by atoms with van der Waals surface area (Å²) in [6.45, 7) is 6.58. The molecule has 0 aromatic heterocycles. The Bertz CT molecular complexity index is 327. The van der Waals surface area contributed by atoms with Crippen molar-refractivity contribution in [2.24, 2.45) is 5.92 Å². The Kier molecular flexibility index (Phi) is 3.89. The highest BCUT2D eigenvalue weighted by atomic mass is 16.4. The summed E-state index contributed by atoms with van der Waals surface area (Å²) in [4.78, 5) is 10.7. The standard InChI is InChI=1S/C13H18O2/c1-4-9(2)10(3)11-5-7-12(8-6-11)13(14)15/h5-10H,4H2,1-3H3,(H,14,15). The molecule has 0 saturated carbocycles. The third-order valence-corrected chi connectivity index (χ3v) is 3.18. The number of hydrogen-bond acceptors (Lipinski definition) is 1. The Morgan fingerprint density at radius 2 is 1.80 bits per heavy atom. The molecule has 0 bridgehead atoms. The lowest BCUT2D eigenvalue weighted by Crippen LogP contribution is -2.05. The molecule has 0 fully saturated rings. The fourth-order valence-electron chi connectivity index (χ4n) is 1.61. The summed E-state index contributed by atoms with van der Waals surface area (Å²) >= 11 is 0. The van der Waals surface area contributed by atoms with Crippen molar-refractivity contribution >= 4 is 5.97 Å². The van der Waals surface area contributed by atoms with Crippen LogP contribution in [0.15, 0.2) is 24.3 Å². The van der Waals surface area contributed by atoms with E-state index in [2.05, 4.69) is 20.8 Å². The molecular formula is C13H18O2. The predicted octanol–water partition coefficient (Wildman–Crippen LogP) is 3.53. The zero-order valence-corrected chi connectivity index (χ0v) is 9.53. The maximum absolute atomic E-state index is 10.7. The molecule has 1 N–H and O–H groups in total. The average Bonchev–Trinajstić information content (AvgIpc) is 2.27. The molecule has 0 spiro atoms. The van der Waals surface area contributed by atoms with Crippen LogP contribution in [0.25, 0.3) is 0 Å². The van der Waals surface area contributed by atoms with Gasteiger partial charge in [0.25, 0.3) is 0 Å². The van der Waals surface area contributed by atoms with Crippen LogP contribution < -0.4 is 0 Å². The molecule has 2 unspecified atom stereocenters. The summed E-state index contributed by atoms with van der Waals surface area (Å²) in [5, 5.41) is 8.77. The monoisotopic (exact) mass is 206 g/mol. The van der Waals surface area contributed by atoms with Gasteiger partial charge >= 0.3 is 5.97 Å². The fraction of sp³-hybridized carbons (Fsp3) is 0.462. The van der Waals surface area contributed by atoms with Crippen molar-refractivity contribution in [1.29, 1.82) is 0 Å². The minimum absolute atomic E-state index is 0.357. The van der Waals surface area contributed by atoms with Crippen LogP contribution in [0.2, 0.25) is 0 Å². The van der Waals surface area contributed by atoms with Gasteiger partial charge in [0.15, 0.2) is 0 Å². The van der Waals surface area contributed by atoms with Gasteiger partial charge in [-0.25, -0.2) is 4.79 Å². The molecule has 0 amide bonds. The first kappa shape index (κ1) is 11.8. The molecule has 2 atom stereocenters. The highest BCUT2D eigenvalue weighted by molar-refractivity contribution is 5.87. The zero-order valence-electron chi connectivity index (χ0n) is 9.53. The SMILES string of the molecule is CCC(C)C(C)c1ccc(C(=O)O)cc1. The van der Waals surface area contributed by atoms with E-state index in [0.717, 1.165) is 6.42 Å². The van der Waals surface area contributed by atoms with E-state index < -0.39 is 5.97 Å². The molecule has 0 saturated heterocycles. The molecule has 1 aromatic carbocycles. The van der Waals surface area contributed by atoms with Gasteiger partial charge in [-0.15, -0.1) is 0 Å². The van der Waals surface area contributed by atoms with Crippen LogP contribution in [0.5, 0.6) is 0 Å². The molecule has 0 aliphatic carbocycles. The van der Waals surface area contributed by atoms with Crippen molar-refractivity contribution in [3.8, 4) is 0 Å². The molecule has 0 heterocycles. The summed E-state index contributed by atoms with van der Waals surface area (Å²) in [6, 6.07) is 7.19. The van der Waals surface area contributed by atoms with E-state index in [9.17, 15) is 4.79 Å². The second kappa shape index (κ2) is 4.96. The third-order valence-electron chi connectivity index (χ3n) is 3.18. The minimum atomic E-state index is -0.863. The molecule has 0 aliphatic heterocycles. The topological polar surface area (TPSA) is 37.3 Å². The maximum atomic E-state index is 10.7. The maximum Gasteiger partial charge on any atom is 0.335 e. The number of aromatic carboxylic acids is 1. The summed E-state index contributed by atoms with van der Waals surface area (Å²) in [6.07, 6.45) is 1.14. The summed E-state index contributed by atoms with van der Waals surface area (Å²) in [5.74, 6) is 0.247. The van der Waals surface area contributed by atoms with Crippen LogP contribution in [0.3, 0.4) is 0 Å². The van der Waals surface area contributed by atoms with Gasteiger partial charge in [-0.2, -0.15) is 0 Å². The van der Waals surface area contributed by atoms with E-state index in [0.29, 0.717) is 17.4 Å². The summed E-state index contributed by atoms with van der Waals surface area (Å²) < 4.78 is 0. The Hall–Kier alpha value is -1.31. The molecule has 15 heavy (non-hydrogen) atoms. The van der Waals surface area contributed by atoms with Crippen molar-refractivity contribution in [2.45, 2.75) is 33.1 Å². The lowest BCUT2D eigenvalue weighted by molar-refractivity contribution is 0.0697. The zero-order chi connectivity index (χ0) is 11.4. The Balaban J connectivity index is 2.84. The molecule has 0 radical (unpaired) electrons. The normalized spacial score (nSPS) is 14.6. The molecular weight excluding hydrogens is 188 g/mol. The number of carbonyl (C=O) groups is 1. The van der Waals surface area contributed by atoms with Crippen molar-refractivity contribution < 1.29 is 9.90 Å². The van der Waals surface area contributed by atoms with Gasteiger partial charge in [0.1, 0.15) is 0 Å². The van der Waals surface area contributed by atoms with Crippen LogP contribution in [-0.2, 0) is 0 Å². The first-order valence-corrected chi connectivity index (χ1v) is 5.39. The smallest absolute Gasteiger partial charge is 0.335 e. The van der Waals surface area contributed by atoms with Gasteiger partial charge in [-0.3, -0.25) is 0 Å². The fourth-order valence-corrected chi connectivity index (χ4v) is 1.61. The van der Waals surface area contributed by atoms with Crippen molar-refractivity contribution in [3.05, 3.63) is 35.4 Å².